The largest absolute Gasteiger partial charge is 0.349 e. The number of fused-ring (bicyclic) bond motifs is 2. The van der Waals surface area contributed by atoms with Crippen molar-refractivity contribution in [3.8, 4) is 0 Å². The number of aryl methyl sites for hydroxylation is 2. The van der Waals surface area contributed by atoms with Gasteiger partial charge in [-0.3, -0.25) is 9.36 Å². The molecule has 1 aliphatic rings. The average molecular weight is 423 g/mol. The van der Waals surface area contributed by atoms with Crippen molar-refractivity contribution < 1.29 is 9.18 Å². The molecule has 5 rings (SSSR count). The second-order valence-electron chi connectivity index (χ2n) is 7.87. The van der Waals surface area contributed by atoms with Crippen molar-refractivity contribution in [2.75, 3.05) is 0 Å². The van der Waals surface area contributed by atoms with E-state index in [-0.39, 0.29) is 23.5 Å². The normalized spacial score (nSPS) is 16.3. The number of nitrogens with zero attached hydrogens (tertiary/aromatic N) is 6. The molecular formula is C21H22FN7O2. The number of imidazole rings is 1. The first-order chi connectivity index (χ1) is 15.0. The van der Waals surface area contributed by atoms with Gasteiger partial charge in [0.1, 0.15) is 22.9 Å². The first-order valence-electron chi connectivity index (χ1n) is 10.2. The summed E-state index contributed by atoms with van der Waals surface area (Å²) in [6.45, 7) is 0.781. The molecule has 10 heteroatoms. The van der Waals surface area contributed by atoms with E-state index in [9.17, 15) is 14.0 Å². The summed E-state index contributed by atoms with van der Waals surface area (Å²) >= 11 is 0. The number of hydrogen-bond acceptors (Lipinski definition) is 4. The molecule has 9 nitrogen and oxygen atoms in total. The summed E-state index contributed by atoms with van der Waals surface area (Å²) < 4.78 is 19.7. The molecule has 4 heterocycles. The summed E-state index contributed by atoms with van der Waals surface area (Å²) in [5, 5.41) is 11.8. The number of carbonyl (C=O) groups excluding carboxylic acids is 1. The summed E-state index contributed by atoms with van der Waals surface area (Å²) in [4.78, 5) is 25.6. The van der Waals surface area contributed by atoms with Gasteiger partial charge in [-0.15, -0.1) is 0 Å². The van der Waals surface area contributed by atoms with Gasteiger partial charge in [0.15, 0.2) is 0 Å². The Morgan fingerprint density at radius 3 is 2.84 bits per heavy atom. The fourth-order valence-corrected chi connectivity index (χ4v) is 4.11. The van der Waals surface area contributed by atoms with Gasteiger partial charge >= 0.3 is 5.69 Å². The van der Waals surface area contributed by atoms with E-state index in [1.165, 1.54) is 16.8 Å². The summed E-state index contributed by atoms with van der Waals surface area (Å²) in [6.07, 6.45) is 7.13. The van der Waals surface area contributed by atoms with E-state index < -0.39 is 0 Å². The monoisotopic (exact) mass is 423 g/mol. The van der Waals surface area contributed by atoms with Gasteiger partial charge in [0, 0.05) is 38.4 Å². The lowest BCUT2D eigenvalue weighted by atomic mass is 10.1. The van der Waals surface area contributed by atoms with E-state index in [2.05, 4.69) is 15.5 Å². The van der Waals surface area contributed by atoms with Gasteiger partial charge in [-0.1, -0.05) is 12.1 Å². The van der Waals surface area contributed by atoms with Gasteiger partial charge in [-0.25, -0.2) is 18.4 Å². The Morgan fingerprint density at radius 1 is 1.23 bits per heavy atom. The van der Waals surface area contributed by atoms with Gasteiger partial charge in [-0.05, 0) is 30.5 Å². The van der Waals surface area contributed by atoms with Gasteiger partial charge in [0.25, 0.3) is 5.91 Å². The Morgan fingerprint density at radius 2 is 2.03 bits per heavy atom. The van der Waals surface area contributed by atoms with Crippen LogP contribution in [0.15, 0.2) is 47.7 Å². The Hall–Kier alpha value is -3.69. The predicted molar refractivity (Wildman–Crippen MR) is 110 cm³/mol. The Kier molecular flexibility index (Phi) is 4.68. The van der Waals surface area contributed by atoms with Crippen molar-refractivity contribution in [3.05, 3.63) is 76.1 Å². The molecule has 0 saturated heterocycles. The van der Waals surface area contributed by atoms with Crippen molar-refractivity contribution in [1.29, 1.82) is 0 Å². The van der Waals surface area contributed by atoms with E-state index in [1.807, 2.05) is 17.8 Å². The molecule has 1 aliphatic heterocycles. The number of hydrogen-bond donors (Lipinski definition) is 1. The standard InChI is InChI=1S/C21H22FN7O2/c1-26-10-11-28-20(26)17(12-23-28)19(30)24-16-6-7-18-25-29(21(31)27(18)9-8-16)13-14-2-4-15(22)5-3-14/h2-5,10-12,16H,6-9,13H2,1H3,(H,24,30). The average Bonchev–Trinajstić information content (AvgIpc) is 3.38. The van der Waals surface area contributed by atoms with Crippen LogP contribution >= 0.6 is 0 Å². The van der Waals surface area contributed by atoms with Gasteiger partial charge < -0.3 is 9.88 Å². The van der Waals surface area contributed by atoms with E-state index in [0.29, 0.717) is 43.7 Å². The number of halogens is 1. The maximum Gasteiger partial charge on any atom is 0.346 e. The Labute approximate surface area is 176 Å². The minimum absolute atomic E-state index is 0.0608. The number of nitrogens with one attached hydrogen (secondary N) is 1. The van der Waals surface area contributed by atoms with Crippen LogP contribution in [0.3, 0.4) is 0 Å². The highest BCUT2D eigenvalue weighted by Crippen LogP contribution is 2.15. The third-order valence-corrected chi connectivity index (χ3v) is 5.78. The van der Waals surface area contributed by atoms with Gasteiger partial charge in [0.05, 0.1) is 12.7 Å². The van der Waals surface area contributed by atoms with Crippen molar-refractivity contribution in [1.82, 2.24) is 33.8 Å². The number of carbonyl (C=O) groups is 1. The summed E-state index contributed by atoms with van der Waals surface area (Å²) in [7, 11) is 1.87. The van der Waals surface area contributed by atoms with Crippen molar-refractivity contribution in [2.45, 2.75) is 38.4 Å². The highest BCUT2D eigenvalue weighted by Gasteiger charge is 2.24. The van der Waals surface area contributed by atoms with Crippen LogP contribution < -0.4 is 11.0 Å². The van der Waals surface area contributed by atoms with Crippen molar-refractivity contribution >= 4 is 11.6 Å². The van der Waals surface area contributed by atoms with Crippen LogP contribution in [0.1, 0.15) is 34.6 Å². The van der Waals surface area contributed by atoms with E-state index in [4.69, 9.17) is 0 Å². The maximum absolute atomic E-state index is 13.1. The highest BCUT2D eigenvalue weighted by atomic mass is 19.1. The fraction of sp³-hybridized carbons (Fsp3) is 0.333. The molecule has 0 fully saturated rings. The van der Waals surface area contributed by atoms with E-state index in [0.717, 1.165) is 11.2 Å². The minimum Gasteiger partial charge on any atom is -0.349 e. The first-order valence-corrected chi connectivity index (χ1v) is 10.2. The van der Waals surface area contributed by atoms with Crippen LogP contribution in [-0.4, -0.2) is 40.5 Å². The predicted octanol–water partition coefficient (Wildman–Crippen LogP) is 1.35. The Bertz CT molecular complexity index is 1310. The zero-order valence-electron chi connectivity index (χ0n) is 17.0. The Balaban J connectivity index is 1.28. The van der Waals surface area contributed by atoms with Crippen LogP contribution in [0, 0.1) is 5.82 Å². The van der Waals surface area contributed by atoms with Crippen molar-refractivity contribution in [2.24, 2.45) is 7.05 Å². The molecule has 1 atom stereocenters. The lowest BCUT2D eigenvalue weighted by Gasteiger charge is -2.15. The SMILES string of the molecule is Cn1ccn2ncc(C(=O)NC3CCc4nn(Cc5ccc(F)cc5)c(=O)n4CC3)c12. The smallest absolute Gasteiger partial charge is 0.346 e. The molecule has 0 bridgehead atoms. The van der Waals surface area contributed by atoms with Crippen molar-refractivity contribution in [3.63, 3.8) is 0 Å². The molecule has 1 amide bonds. The molecule has 1 unspecified atom stereocenters. The number of amides is 1. The van der Waals surface area contributed by atoms with Crippen LogP contribution in [0.4, 0.5) is 4.39 Å². The van der Waals surface area contributed by atoms with E-state index >= 15 is 0 Å². The molecule has 0 saturated carbocycles. The molecule has 31 heavy (non-hydrogen) atoms. The quantitative estimate of drug-likeness (QED) is 0.537. The zero-order valence-corrected chi connectivity index (χ0v) is 17.0. The minimum atomic E-state index is -0.311. The molecular weight excluding hydrogens is 401 g/mol. The zero-order chi connectivity index (χ0) is 21.5. The van der Waals surface area contributed by atoms with Crippen LogP contribution in [0.25, 0.3) is 5.65 Å². The molecule has 160 valence electrons. The van der Waals surface area contributed by atoms with E-state index in [1.54, 1.807) is 33.6 Å². The number of rotatable bonds is 4. The van der Waals surface area contributed by atoms with Gasteiger partial charge in [0.2, 0.25) is 0 Å². The molecule has 4 aromatic rings. The van der Waals surface area contributed by atoms with Crippen LogP contribution in [-0.2, 0) is 26.6 Å². The molecule has 3 aromatic heterocycles. The summed E-state index contributed by atoms with van der Waals surface area (Å²) in [5.41, 5.74) is 1.89. The second kappa shape index (κ2) is 7.53. The highest BCUT2D eigenvalue weighted by molar-refractivity contribution is 5.99. The number of aromatic nitrogens is 6. The molecule has 1 aromatic carbocycles. The summed E-state index contributed by atoms with van der Waals surface area (Å²) in [5.74, 6) is 0.225. The number of benzene rings is 1. The topological polar surface area (TPSA) is 91.2 Å². The van der Waals surface area contributed by atoms with Gasteiger partial charge in [-0.2, -0.15) is 10.2 Å². The maximum atomic E-state index is 13.1. The first kappa shape index (κ1) is 19.3. The van der Waals surface area contributed by atoms with Crippen LogP contribution in [0.5, 0.6) is 0 Å². The molecule has 0 aliphatic carbocycles. The lowest BCUT2D eigenvalue weighted by Crippen LogP contribution is -2.36. The van der Waals surface area contributed by atoms with Crippen LogP contribution in [0.2, 0.25) is 0 Å². The fourth-order valence-electron chi connectivity index (χ4n) is 4.11. The summed E-state index contributed by atoms with van der Waals surface area (Å²) in [6, 6.07) is 5.99. The third kappa shape index (κ3) is 3.54. The lowest BCUT2D eigenvalue weighted by molar-refractivity contribution is 0.0934. The second-order valence-corrected chi connectivity index (χ2v) is 7.87. The molecule has 1 N–H and O–H groups in total. The molecule has 0 spiro atoms. The third-order valence-electron chi connectivity index (χ3n) is 5.78. The molecule has 0 radical (unpaired) electrons.